The zero-order valence-electron chi connectivity index (χ0n) is 17.5. The van der Waals surface area contributed by atoms with Gasteiger partial charge in [0.1, 0.15) is 0 Å². The van der Waals surface area contributed by atoms with E-state index in [9.17, 15) is 13.2 Å². The molecule has 164 valence electrons. The largest absolute Gasteiger partial charge is 0.351 e. The van der Waals surface area contributed by atoms with Crippen molar-refractivity contribution >= 4 is 38.4 Å². The summed E-state index contributed by atoms with van der Waals surface area (Å²) in [6, 6.07) is 8.33. The predicted octanol–water partition coefficient (Wildman–Crippen LogP) is 2.36. The van der Waals surface area contributed by atoms with Gasteiger partial charge in [-0.15, -0.1) is 0 Å². The second-order valence-electron chi connectivity index (χ2n) is 8.56. The van der Waals surface area contributed by atoms with Crippen molar-refractivity contribution in [2.24, 2.45) is 4.99 Å². The smallest absolute Gasteiger partial charge is 0.251 e. The highest BCUT2D eigenvalue weighted by molar-refractivity contribution is 8.15. The first-order valence-electron chi connectivity index (χ1n) is 10.7. The second kappa shape index (κ2) is 8.88. The van der Waals surface area contributed by atoms with Crippen molar-refractivity contribution < 1.29 is 13.2 Å². The van der Waals surface area contributed by atoms with Crippen molar-refractivity contribution in [3.63, 3.8) is 0 Å². The normalized spacial score (nSPS) is 30.5. The SMILES string of the molecule is C[C@@H]1CCC[C@H](C)N1CCNC(=O)c1ccc(NC2=N[C@@H]3CS(=O)(=O)C[C@@H]3S2)cc1. The third-order valence-corrected chi connectivity index (χ3v) is 9.39. The Balaban J connectivity index is 1.26. The van der Waals surface area contributed by atoms with Gasteiger partial charge in [-0.1, -0.05) is 18.2 Å². The molecule has 1 aromatic carbocycles. The van der Waals surface area contributed by atoms with Crippen molar-refractivity contribution in [3.8, 4) is 0 Å². The molecule has 1 amide bonds. The lowest BCUT2D eigenvalue weighted by Crippen LogP contribution is -2.47. The zero-order valence-corrected chi connectivity index (χ0v) is 19.1. The van der Waals surface area contributed by atoms with Crippen LogP contribution < -0.4 is 10.6 Å². The minimum absolute atomic E-state index is 0.0212. The summed E-state index contributed by atoms with van der Waals surface area (Å²) in [4.78, 5) is 19.4. The number of sulfone groups is 1. The summed E-state index contributed by atoms with van der Waals surface area (Å²) in [5.41, 5.74) is 1.47. The molecule has 2 N–H and O–H groups in total. The Labute approximate surface area is 183 Å². The van der Waals surface area contributed by atoms with Gasteiger partial charge in [-0.05, 0) is 51.0 Å². The summed E-state index contributed by atoms with van der Waals surface area (Å²) >= 11 is 1.49. The number of carbonyl (C=O) groups excluding carboxylic acids is 1. The molecule has 4 rings (SSSR count). The van der Waals surface area contributed by atoms with Crippen LogP contribution in [-0.2, 0) is 9.84 Å². The fourth-order valence-corrected chi connectivity index (χ4v) is 8.24. The number of likely N-dealkylation sites (tertiary alicyclic amines) is 1. The number of piperidine rings is 1. The number of amidine groups is 1. The quantitative estimate of drug-likeness (QED) is 0.716. The van der Waals surface area contributed by atoms with Crippen LogP contribution in [0.3, 0.4) is 0 Å². The molecule has 3 heterocycles. The van der Waals surface area contributed by atoms with Crippen LogP contribution in [0.2, 0.25) is 0 Å². The molecule has 0 aliphatic carbocycles. The third kappa shape index (κ3) is 5.00. The number of fused-ring (bicyclic) bond motifs is 1. The number of hydrogen-bond donors (Lipinski definition) is 2. The Hall–Kier alpha value is -1.58. The molecule has 0 bridgehead atoms. The van der Waals surface area contributed by atoms with Gasteiger partial charge in [0.15, 0.2) is 15.0 Å². The molecule has 30 heavy (non-hydrogen) atoms. The Kier molecular flexibility index (Phi) is 6.41. The van der Waals surface area contributed by atoms with E-state index >= 15 is 0 Å². The van der Waals surface area contributed by atoms with E-state index in [0.717, 1.165) is 17.4 Å². The lowest BCUT2D eigenvalue weighted by Gasteiger charge is -2.39. The number of nitrogens with zero attached hydrogens (tertiary/aromatic N) is 2. The van der Waals surface area contributed by atoms with Crippen LogP contribution in [0.15, 0.2) is 29.3 Å². The van der Waals surface area contributed by atoms with Crippen LogP contribution in [0.25, 0.3) is 0 Å². The van der Waals surface area contributed by atoms with Crippen LogP contribution in [-0.4, -0.2) is 72.4 Å². The van der Waals surface area contributed by atoms with Crippen molar-refractivity contribution in [3.05, 3.63) is 29.8 Å². The zero-order chi connectivity index (χ0) is 21.3. The minimum atomic E-state index is -2.94. The number of amides is 1. The number of aliphatic imine (C=N–C) groups is 1. The molecular weight excluding hydrogens is 420 g/mol. The highest BCUT2D eigenvalue weighted by atomic mass is 32.2. The molecule has 1 aromatic rings. The van der Waals surface area contributed by atoms with Crippen LogP contribution in [0.5, 0.6) is 0 Å². The lowest BCUT2D eigenvalue weighted by molar-refractivity contribution is 0.0889. The molecule has 0 saturated carbocycles. The summed E-state index contributed by atoms with van der Waals surface area (Å²) in [6.07, 6.45) is 3.75. The number of anilines is 1. The fourth-order valence-electron chi connectivity index (χ4n) is 4.56. The van der Waals surface area contributed by atoms with E-state index in [2.05, 4.69) is 34.4 Å². The average molecular weight is 451 g/mol. The van der Waals surface area contributed by atoms with Gasteiger partial charge in [-0.25, -0.2) is 8.42 Å². The number of nitrogens with one attached hydrogen (secondary N) is 2. The highest BCUT2D eigenvalue weighted by Crippen LogP contribution is 2.34. The molecule has 4 atom stereocenters. The molecule has 3 aliphatic rings. The van der Waals surface area contributed by atoms with E-state index < -0.39 is 9.84 Å². The molecular formula is C21H30N4O3S2. The van der Waals surface area contributed by atoms with Gasteiger partial charge in [0, 0.05) is 41.7 Å². The van der Waals surface area contributed by atoms with Crippen LogP contribution in [0.1, 0.15) is 43.5 Å². The molecule has 0 aromatic heterocycles. The molecule has 2 fully saturated rings. The summed E-state index contributed by atoms with van der Waals surface area (Å²) in [7, 11) is -2.94. The molecule has 7 nitrogen and oxygen atoms in total. The summed E-state index contributed by atoms with van der Waals surface area (Å²) in [6.45, 7) is 6.06. The second-order valence-corrected chi connectivity index (χ2v) is 11.9. The van der Waals surface area contributed by atoms with Crippen LogP contribution in [0.4, 0.5) is 5.69 Å². The van der Waals surface area contributed by atoms with Crippen LogP contribution >= 0.6 is 11.8 Å². The van der Waals surface area contributed by atoms with E-state index in [1.54, 1.807) is 12.1 Å². The van der Waals surface area contributed by atoms with E-state index in [1.165, 1.54) is 31.0 Å². The average Bonchev–Trinajstić information content (AvgIpc) is 3.17. The van der Waals surface area contributed by atoms with E-state index in [1.807, 2.05) is 12.1 Å². The first kappa shape index (κ1) is 21.6. The summed E-state index contributed by atoms with van der Waals surface area (Å²) in [5, 5.41) is 7.04. The number of carbonyl (C=O) groups is 1. The molecule has 0 unspecified atom stereocenters. The predicted molar refractivity (Wildman–Crippen MR) is 123 cm³/mol. The Morgan fingerprint density at radius 2 is 1.87 bits per heavy atom. The van der Waals surface area contributed by atoms with Gasteiger partial charge in [0.25, 0.3) is 5.91 Å². The summed E-state index contributed by atoms with van der Waals surface area (Å²) < 4.78 is 23.3. The number of thioether (sulfide) groups is 1. The van der Waals surface area contributed by atoms with Crippen molar-refractivity contribution in [1.82, 2.24) is 10.2 Å². The van der Waals surface area contributed by atoms with Gasteiger partial charge >= 0.3 is 0 Å². The van der Waals surface area contributed by atoms with Gasteiger partial charge < -0.3 is 10.6 Å². The lowest BCUT2D eigenvalue weighted by atomic mass is 9.98. The minimum Gasteiger partial charge on any atom is -0.351 e. The van der Waals surface area contributed by atoms with Crippen molar-refractivity contribution in [1.29, 1.82) is 0 Å². The molecule has 3 aliphatic heterocycles. The fraction of sp³-hybridized carbons (Fsp3) is 0.619. The number of benzene rings is 1. The van der Waals surface area contributed by atoms with Crippen LogP contribution in [0, 0.1) is 0 Å². The van der Waals surface area contributed by atoms with Gasteiger partial charge in [-0.2, -0.15) is 0 Å². The third-order valence-electron chi connectivity index (χ3n) is 6.25. The Bertz CT molecular complexity index is 907. The van der Waals surface area contributed by atoms with Gasteiger partial charge in [-0.3, -0.25) is 14.7 Å². The van der Waals surface area contributed by atoms with Gasteiger partial charge in [0.05, 0.1) is 17.5 Å². The van der Waals surface area contributed by atoms with E-state index in [4.69, 9.17) is 0 Å². The first-order chi connectivity index (χ1) is 14.3. The monoisotopic (exact) mass is 450 g/mol. The Morgan fingerprint density at radius 1 is 1.17 bits per heavy atom. The first-order valence-corrected chi connectivity index (χ1v) is 13.4. The standard InChI is InChI=1S/C21H30N4O3S2/c1-14-4-3-5-15(2)25(14)11-10-22-20(26)16-6-8-17(9-7-16)23-21-24-18-12-30(27,28)13-19(18)29-21/h6-9,14-15,18-19H,3-5,10-13H2,1-2H3,(H,22,26)(H,23,24)/t14-,15+,18-,19+/m1/s1. The van der Waals surface area contributed by atoms with E-state index in [0.29, 0.717) is 24.2 Å². The van der Waals surface area contributed by atoms with Crippen molar-refractivity contribution in [2.75, 3.05) is 29.9 Å². The molecule has 9 heteroatoms. The topological polar surface area (TPSA) is 90.9 Å². The summed E-state index contributed by atoms with van der Waals surface area (Å²) in [5.74, 6) is 0.279. The maximum Gasteiger partial charge on any atom is 0.251 e. The number of hydrogen-bond acceptors (Lipinski definition) is 7. The van der Waals surface area contributed by atoms with Crippen molar-refractivity contribution in [2.45, 2.75) is 56.5 Å². The maximum atomic E-state index is 12.5. The number of rotatable bonds is 5. The molecule has 0 spiro atoms. The van der Waals surface area contributed by atoms with Gasteiger partial charge in [0.2, 0.25) is 0 Å². The molecule has 2 saturated heterocycles. The highest BCUT2D eigenvalue weighted by Gasteiger charge is 2.42. The van der Waals surface area contributed by atoms with E-state index in [-0.39, 0.29) is 28.7 Å². The Morgan fingerprint density at radius 3 is 2.53 bits per heavy atom. The maximum absolute atomic E-state index is 12.5. The molecule has 0 radical (unpaired) electrons.